The third-order valence-electron chi connectivity index (χ3n) is 13.8. The van der Waals surface area contributed by atoms with Gasteiger partial charge in [0.05, 0.1) is 33.8 Å². The molecule has 0 radical (unpaired) electrons. The summed E-state index contributed by atoms with van der Waals surface area (Å²) in [5.74, 6) is -0.505. The largest absolute Gasteiger partial charge is 0.472 e. The lowest BCUT2D eigenvalue weighted by atomic mass is 10.0. The molecule has 10 heteroatoms. The SMILES string of the molecule is CCCCCCCC/C=C/CCCCCCCCCC(=O)NC(COP(=O)(O)OCC[N+](C)(C)C)C(/C=C/CCCCCCCCCCCC)OC(=O)CCCCCCCCC/C=C/CCCCCCCC. The van der Waals surface area contributed by atoms with E-state index in [9.17, 15) is 19.0 Å². The lowest BCUT2D eigenvalue weighted by Gasteiger charge is -2.27. The van der Waals surface area contributed by atoms with Gasteiger partial charge >= 0.3 is 13.8 Å². The highest BCUT2D eigenvalue weighted by Gasteiger charge is 2.30. The number of nitrogens with zero attached hydrogens (tertiary/aromatic N) is 1. The van der Waals surface area contributed by atoms with Crippen LogP contribution in [0.15, 0.2) is 36.5 Å². The minimum Gasteiger partial charge on any atom is -0.456 e. The van der Waals surface area contributed by atoms with Crippen molar-refractivity contribution >= 4 is 19.7 Å². The zero-order chi connectivity index (χ0) is 52.9. The molecule has 0 aromatic carbocycles. The molecule has 0 bridgehead atoms. The van der Waals surface area contributed by atoms with Gasteiger partial charge in [-0.15, -0.1) is 0 Å². The fourth-order valence-corrected chi connectivity index (χ4v) is 9.72. The van der Waals surface area contributed by atoms with Gasteiger partial charge in [0.1, 0.15) is 19.3 Å². The molecule has 0 fully saturated rings. The third kappa shape index (κ3) is 53.1. The fraction of sp³-hybridized carbons (Fsp3) is 0.871. The van der Waals surface area contributed by atoms with Gasteiger partial charge in [0, 0.05) is 12.8 Å². The summed E-state index contributed by atoms with van der Waals surface area (Å²) in [6.45, 7) is 7.02. The Hall–Kier alpha value is -1.77. The van der Waals surface area contributed by atoms with Gasteiger partial charge in [-0.2, -0.15) is 0 Å². The summed E-state index contributed by atoms with van der Waals surface area (Å²) in [6.07, 6.45) is 62.7. The average molecular weight is 1040 g/mol. The van der Waals surface area contributed by atoms with Gasteiger partial charge in [0.2, 0.25) is 5.91 Å². The molecule has 0 saturated carbocycles. The Morgan fingerprint density at radius 3 is 1.18 bits per heavy atom. The maximum absolute atomic E-state index is 13.5. The molecule has 0 aliphatic rings. The summed E-state index contributed by atoms with van der Waals surface area (Å²) < 4.78 is 30.7. The number of hydrogen-bond acceptors (Lipinski definition) is 6. The highest BCUT2D eigenvalue weighted by atomic mass is 31.2. The second-order valence-electron chi connectivity index (χ2n) is 22.2. The first kappa shape index (κ1) is 70.2. The Labute approximate surface area is 446 Å². The minimum atomic E-state index is -4.45. The normalized spacial score (nSPS) is 13.9. The first-order valence-corrected chi connectivity index (χ1v) is 32.3. The van der Waals surface area contributed by atoms with Crippen molar-refractivity contribution in [2.75, 3.05) is 40.9 Å². The number of carbonyl (C=O) groups excluding carboxylic acids is 2. The predicted molar refractivity (Wildman–Crippen MR) is 309 cm³/mol. The maximum atomic E-state index is 13.5. The van der Waals surface area contributed by atoms with E-state index in [0.29, 0.717) is 17.4 Å². The van der Waals surface area contributed by atoms with Gasteiger partial charge in [-0.3, -0.25) is 18.6 Å². The Kier molecular flexibility index (Phi) is 51.4. The standard InChI is InChI=1S/C62H119N2O7P/c1-7-10-13-16-19-22-25-28-30-32-34-36-39-42-45-48-51-54-61(65)63-59(58-70-72(67,68)69-57-56-64(4,5)6)60(53-50-47-44-41-38-27-24-21-18-15-12-9-3)71-62(66)55-52-49-46-43-40-37-35-33-31-29-26-23-20-17-14-11-8-2/h28-31,50,53,59-60H,7-27,32-49,51-52,54-58H2,1-6H3,(H-,63,65,67,68)/p+1/b30-28+,31-29+,53-50+. The summed E-state index contributed by atoms with van der Waals surface area (Å²) >= 11 is 0. The van der Waals surface area contributed by atoms with E-state index in [0.717, 1.165) is 64.2 Å². The molecule has 424 valence electrons. The summed E-state index contributed by atoms with van der Waals surface area (Å²) in [4.78, 5) is 37.7. The molecule has 3 unspecified atom stereocenters. The average Bonchev–Trinajstić information content (AvgIpc) is 3.34. The number of allylic oxidation sites excluding steroid dienone is 5. The lowest BCUT2D eigenvalue weighted by molar-refractivity contribution is -0.870. The number of phosphoric acid groups is 1. The highest BCUT2D eigenvalue weighted by Crippen LogP contribution is 2.43. The van der Waals surface area contributed by atoms with Crippen LogP contribution >= 0.6 is 7.82 Å². The van der Waals surface area contributed by atoms with Crippen LogP contribution in [0, 0.1) is 0 Å². The zero-order valence-electron chi connectivity index (χ0n) is 48.4. The van der Waals surface area contributed by atoms with Gasteiger partial charge in [-0.05, 0) is 83.1 Å². The number of rotatable bonds is 56. The van der Waals surface area contributed by atoms with Crippen molar-refractivity contribution in [1.29, 1.82) is 0 Å². The Morgan fingerprint density at radius 2 is 0.806 bits per heavy atom. The Morgan fingerprint density at radius 1 is 0.472 bits per heavy atom. The van der Waals surface area contributed by atoms with E-state index in [4.69, 9.17) is 13.8 Å². The number of unbranched alkanes of at least 4 members (excludes halogenated alkanes) is 36. The molecular weight excluding hydrogens is 916 g/mol. The van der Waals surface area contributed by atoms with Gasteiger partial charge < -0.3 is 19.4 Å². The number of hydrogen-bond donors (Lipinski definition) is 2. The topological polar surface area (TPSA) is 111 Å². The van der Waals surface area contributed by atoms with E-state index in [-0.39, 0.29) is 31.5 Å². The van der Waals surface area contributed by atoms with Crippen LogP contribution < -0.4 is 5.32 Å². The lowest BCUT2D eigenvalue weighted by Crippen LogP contribution is -2.47. The van der Waals surface area contributed by atoms with Gasteiger partial charge in [-0.1, -0.05) is 237 Å². The van der Waals surface area contributed by atoms with Crippen LogP contribution in [0.25, 0.3) is 0 Å². The number of quaternary nitrogens is 1. The molecular formula is C62H120N2O7P+. The summed E-state index contributed by atoms with van der Waals surface area (Å²) in [7, 11) is 1.50. The van der Waals surface area contributed by atoms with Crippen molar-refractivity contribution in [2.24, 2.45) is 0 Å². The van der Waals surface area contributed by atoms with Crippen LogP contribution in [0.2, 0.25) is 0 Å². The molecule has 0 saturated heterocycles. The number of phosphoric ester groups is 1. The van der Waals surface area contributed by atoms with E-state index in [2.05, 4.69) is 50.4 Å². The second-order valence-corrected chi connectivity index (χ2v) is 23.7. The van der Waals surface area contributed by atoms with E-state index in [1.165, 1.54) is 199 Å². The first-order chi connectivity index (χ1) is 34.9. The molecule has 9 nitrogen and oxygen atoms in total. The number of nitrogens with one attached hydrogen (secondary N) is 1. The summed E-state index contributed by atoms with van der Waals surface area (Å²) in [6, 6.07) is -0.849. The molecule has 0 rings (SSSR count). The molecule has 0 aliphatic carbocycles. The Bertz CT molecular complexity index is 1330. The van der Waals surface area contributed by atoms with Crippen molar-refractivity contribution in [3.8, 4) is 0 Å². The second kappa shape index (κ2) is 52.7. The molecule has 0 heterocycles. The van der Waals surface area contributed by atoms with E-state index < -0.39 is 20.0 Å². The van der Waals surface area contributed by atoms with Crippen LogP contribution in [-0.4, -0.2) is 74.3 Å². The molecule has 3 atom stereocenters. The van der Waals surface area contributed by atoms with Crippen LogP contribution in [0.3, 0.4) is 0 Å². The third-order valence-corrected chi connectivity index (χ3v) is 14.8. The van der Waals surface area contributed by atoms with Crippen LogP contribution in [0.1, 0.15) is 297 Å². The number of esters is 1. The summed E-state index contributed by atoms with van der Waals surface area (Å²) in [5.41, 5.74) is 0. The first-order valence-electron chi connectivity index (χ1n) is 30.8. The van der Waals surface area contributed by atoms with Crippen molar-refractivity contribution in [3.05, 3.63) is 36.5 Å². The van der Waals surface area contributed by atoms with Crippen LogP contribution in [0.5, 0.6) is 0 Å². The quantitative estimate of drug-likeness (QED) is 0.0205. The van der Waals surface area contributed by atoms with Crippen molar-refractivity contribution in [3.63, 3.8) is 0 Å². The molecule has 0 aromatic heterocycles. The Balaban J connectivity index is 5.28. The van der Waals surface area contributed by atoms with Gasteiger partial charge in [-0.25, -0.2) is 4.57 Å². The molecule has 0 spiro atoms. The highest BCUT2D eigenvalue weighted by molar-refractivity contribution is 7.47. The number of carbonyl (C=O) groups is 2. The van der Waals surface area contributed by atoms with Gasteiger partial charge in [0.25, 0.3) is 0 Å². The summed E-state index contributed by atoms with van der Waals surface area (Å²) in [5, 5.41) is 3.06. The number of ether oxygens (including phenoxy) is 1. The number of amides is 1. The molecule has 72 heavy (non-hydrogen) atoms. The van der Waals surface area contributed by atoms with E-state index in [1.807, 2.05) is 33.3 Å². The molecule has 2 N–H and O–H groups in total. The van der Waals surface area contributed by atoms with Crippen LogP contribution in [-0.2, 0) is 27.9 Å². The zero-order valence-corrected chi connectivity index (χ0v) is 49.3. The van der Waals surface area contributed by atoms with Crippen LogP contribution in [0.4, 0.5) is 0 Å². The smallest absolute Gasteiger partial charge is 0.456 e. The van der Waals surface area contributed by atoms with Crippen molar-refractivity contribution < 1.29 is 37.3 Å². The van der Waals surface area contributed by atoms with Crippen molar-refractivity contribution in [2.45, 2.75) is 309 Å². The van der Waals surface area contributed by atoms with E-state index >= 15 is 0 Å². The fourth-order valence-electron chi connectivity index (χ4n) is 8.99. The number of likely N-dealkylation sites (N-methyl/N-ethyl adjacent to an activating group) is 1. The minimum absolute atomic E-state index is 0.0402. The maximum Gasteiger partial charge on any atom is 0.472 e. The van der Waals surface area contributed by atoms with E-state index in [1.54, 1.807) is 0 Å². The molecule has 0 aliphatic heterocycles. The monoisotopic (exact) mass is 1040 g/mol. The van der Waals surface area contributed by atoms with Crippen molar-refractivity contribution in [1.82, 2.24) is 5.32 Å². The predicted octanol–water partition coefficient (Wildman–Crippen LogP) is 18.7. The molecule has 0 aromatic rings. The van der Waals surface area contributed by atoms with Gasteiger partial charge in [0.15, 0.2) is 0 Å². The molecule has 1 amide bonds.